The van der Waals surface area contributed by atoms with Gasteiger partial charge in [-0.05, 0) is 32.9 Å². The second-order valence-corrected chi connectivity index (χ2v) is 5.22. The molecule has 0 atom stereocenters. The smallest absolute Gasteiger partial charge is 0.162 e. The van der Waals surface area contributed by atoms with Crippen molar-refractivity contribution in [2.75, 3.05) is 17.7 Å². The summed E-state index contributed by atoms with van der Waals surface area (Å²) in [5, 5.41) is 14.6. The highest BCUT2D eigenvalue weighted by Gasteiger charge is 2.36. The largest absolute Gasteiger partial charge is 0.386 e. The fraction of sp³-hybridized carbons (Fsp3) is 0.385. The first-order valence-corrected chi connectivity index (χ1v) is 6.17. The molecular weight excluding hydrogens is 245 g/mol. The Labute approximate surface area is 110 Å². The highest BCUT2D eigenvalue weighted by atomic mass is 19.1. The number of nitrogens with zero attached hydrogens (tertiary/aromatic N) is 3. The first-order chi connectivity index (χ1) is 8.95. The summed E-state index contributed by atoms with van der Waals surface area (Å²) in [6, 6.07) is 3.18. The molecule has 1 aromatic heterocycles. The van der Waals surface area contributed by atoms with Gasteiger partial charge < -0.3 is 10.6 Å². The third-order valence-corrected chi connectivity index (χ3v) is 3.44. The van der Waals surface area contributed by atoms with Crippen molar-refractivity contribution in [2.45, 2.75) is 26.3 Å². The monoisotopic (exact) mass is 261 g/mol. The van der Waals surface area contributed by atoms with Gasteiger partial charge in [-0.15, -0.1) is 10.2 Å². The van der Waals surface area contributed by atoms with E-state index in [2.05, 4.69) is 20.8 Å². The van der Waals surface area contributed by atoms with Gasteiger partial charge in [0.05, 0.1) is 22.6 Å². The second kappa shape index (κ2) is 3.69. The normalized spacial score (nSPS) is 15.4. The number of hydrogen-bond donors (Lipinski definition) is 2. The number of nitrogens with one attached hydrogen (secondary N) is 2. The predicted molar refractivity (Wildman–Crippen MR) is 72.2 cm³/mol. The lowest BCUT2D eigenvalue weighted by Crippen LogP contribution is -2.36. The topological polar surface area (TPSA) is 54.8 Å². The van der Waals surface area contributed by atoms with Crippen LogP contribution in [0, 0.1) is 12.7 Å². The van der Waals surface area contributed by atoms with Gasteiger partial charge in [0.15, 0.2) is 5.82 Å². The summed E-state index contributed by atoms with van der Waals surface area (Å²) < 4.78 is 16.0. The first-order valence-electron chi connectivity index (χ1n) is 6.17. The number of aromatic nitrogens is 3. The van der Waals surface area contributed by atoms with Gasteiger partial charge in [-0.3, -0.25) is 4.57 Å². The van der Waals surface area contributed by atoms with Crippen molar-refractivity contribution in [2.24, 2.45) is 0 Å². The van der Waals surface area contributed by atoms with Gasteiger partial charge in [0.1, 0.15) is 11.6 Å². The number of benzene rings is 1. The number of rotatable bonds is 1. The molecule has 0 spiro atoms. The molecule has 0 radical (unpaired) electrons. The van der Waals surface area contributed by atoms with E-state index in [0.717, 1.165) is 23.0 Å². The van der Waals surface area contributed by atoms with Crippen LogP contribution in [-0.4, -0.2) is 21.8 Å². The highest BCUT2D eigenvalue weighted by molar-refractivity contribution is 5.78. The number of hydrogen-bond acceptors (Lipinski definition) is 4. The van der Waals surface area contributed by atoms with Crippen LogP contribution >= 0.6 is 0 Å². The van der Waals surface area contributed by atoms with Crippen LogP contribution in [-0.2, 0) is 5.54 Å². The summed E-state index contributed by atoms with van der Waals surface area (Å²) in [6.45, 7) is 5.79. The van der Waals surface area contributed by atoms with Crippen LogP contribution in [0.2, 0.25) is 0 Å². The Morgan fingerprint density at radius 3 is 2.74 bits per heavy atom. The van der Waals surface area contributed by atoms with Gasteiger partial charge in [0.2, 0.25) is 0 Å². The summed E-state index contributed by atoms with van der Waals surface area (Å²) in [7, 11) is 1.81. The van der Waals surface area contributed by atoms with Crippen molar-refractivity contribution in [1.82, 2.24) is 14.8 Å². The Bertz CT molecular complexity index is 659. The van der Waals surface area contributed by atoms with Crippen molar-refractivity contribution in [3.63, 3.8) is 0 Å². The van der Waals surface area contributed by atoms with Gasteiger partial charge in [0, 0.05) is 7.05 Å². The van der Waals surface area contributed by atoms with E-state index in [1.54, 1.807) is 6.07 Å². The van der Waals surface area contributed by atoms with E-state index in [1.165, 1.54) is 6.07 Å². The number of anilines is 2. The Hall–Kier alpha value is -2.11. The summed E-state index contributed by atoms with van der Waals surface area (Å²) in [5.74, 6) is 1.24. The van der Waals surface area contributed by atoms with Crippen molar-refractivity contribution < 1.29 is 4.39 Å². The molecule has 2 N–H and O–H groups in total. The minimum Gasteiger partial charge on any atom is -0.386 e. The summed E-state index contributed by atoms with van der Waals surface area (Å²) in [5.41, 5.74) is 1.58. The van der Waals surface area contributed by atoms with Crippen LogP contribution in [0.3, 0.4) is 0 Å². The van der Waals surface area contributed by atoms with Crippen molar-refractivity contribution in [3.8, 4) is 5.69 Å². The fourth-order valence-corrected chi connectivity index (χ4v) is 2.52. The summed E-state index contributed by atoms with van der Waals surface area (Å²) >= 11 is 0. The molecule has 0 fully saturated rings. The maximum atomic E-state index is 14.1. The molecule has 3 rings (SSSR count). The minimum absolute atomic E-state index is 0.277. The average Bonchev–Trinajstić information content (AvgIpc) is 2.74. The zero-order valence-corrected chi connectivity index (χ0v) is 11.4. The molecule has 6 heteroatoms. The van der Waals surface area contributed by atoms with Gasteiger partial charge in [0.25, 0.3) is 0 Å². The van der Waals surface area contributed by atoms with E-state index in [4.69, 9.17) is 0 Å². The molecule has 100 valence electrons. The van der Waals surface area contributed by atoms with Crippen LogP contribution in [0.15, 0.2) is 12.1 Å². The zero-order chi connectivity index (χ0) is 13.8. The van der Waals surface area contributed by atoms with Crippen molar-refractivity contribution in [3.05, 3.63) is 29.6 Å². The molecule has 1 aliphatic rings. The SMILES string of the molecule is CNc1ccc(F)c2c1-n1c(C)nnc1C(C)(C)N2. The second-order valence-electron chi connectivity index (χ2n) is 5.22. The Morgan fingerprint density at radius 1 is 1.32 bits per heavy atom. The average molecular weight is 261 g/mol. The third-order valence-electron chi connectivity index (χ3n) is 3.44. The lowest BCUT2D eigenvalue weighted by Gasteiger charge is -2.34. The molecule has 0 amide bonds. The molecule has 0 saturated carbocycles. The van der Waals surface area contributed by atoms with E-state index in [-0.39, 0.29) is 5.82 Å². The maximum Gasteiger partial charge on any atom is 0.162 e. The Balaban J connectivity index is 2.41. The van der Waals surface area contributed by atoms with Gasteiger partial charge in [-0.1, -0.05) is 0 Å². The van der Waals surface area contributed by atoms with Crippen LogP contribution in [0.4, 0.5) is 15.8 Å². The van der Waals surface area contributed by atoms with Crippen LogP contribution in [0.1, 0.15) is 25.5 Å². The lowest BCUT2D eigenvalue weighted by atomic mass is 9.99. The van der Waals surface area contributed by atoms with E-state index in [9.17, 15) is 4.39 Å². The van der Waals surface area contributed by atoms with Gasteiger partial charge in [-0.25, -0.2) is 4.39 Å². The van der Waals surface area contributed by atoms with Crippen LogP contribution < -0.4 is 10.6 Å². The number of fused-ring (bicyclic) bond motifs is 3. The lowest BCUT2D eigenvalue weighted by molar-refractivity contribution is 0.523. The molecule has 0 saturated heterocycles. The van der Waals surface area contributed by atoms with E-state index in [1.807, 2.05) is 32.4 Å². The minimum atomic E-state index is -0.471. The van der Waals surface area contributed by atoms with E-state index in [0.29, 0.717) is 5.69 Å². The predicted octanol–water partition coefficient (Wildman–Crippen LogP) is 2.42. The molecule has 1 aromatic carbocycles. The molecule has 0 unspecified atom stereocenters. The van der Waals surface area contributed by atoms with Gasteiger partial charge >= 0.3 is 0 Å². The molecule has 19 heavy (non-hydrogen) atoms. The highest BCUT2D eigenvalue weighted by Crippen LogP contribution is 2.41. The molecule has 5 nitrogen and oxygen atoms in total. The van der Waals surface area contributed by atoms with Crippen molar-refractivity contribution in [1.29, 1.82) is 0 Å². The maximum absolute atomic E-state index is 14.1. The standard InChI is InChI=1S/C13H16FN5/c1-7-17-18-12-13(2,3)16-10-8(14)5-6-9(15-4)11(10)19(7)12/h5-6,15-16H,1-4H3. The zero-order valence-electron chi connectivity index (χ0n) is 11.4. The van der Waals surface area contributed by atoms with E-state index < -0.39 is 5.54 Å². The number of aryl methyl sites for hydroxylation is 1. The van der Waals surface area contributed by atoms with Crippen molar-refractivity contribution >= 4 is 11.4 Å². The van der Waals surface area contributed by atoms with Crippen LogP contribution in [0.25, 0.3) is 5.69 Å². The van der Waals surface area contributed by atoms with Crippen LogP contribution in [0.5, 0.6) is 0 Å². The Kier molecular flexibility index (Phi) is 2.32. The van der Waals surface area contributed by atoms with E-state index >= 15 is 0 Å². The molecular formula is C13H16FN5. The first kappa shape index (κ1) is 12.0. The fourth-order valence-electron chi connectivity index (χ4n) is 2.52. The van der Waals surface area contributed by atoms with Gasteiger partial charge in [-0.2, -0.15) is 0 Å². The molecule has 0 bridgehead atoms. The summed E-state index contributed by atoms with van der Waals surface area (Å²) in [6.07, 6.45) is 0. The third kappa shape index (κ3) is 1.52. The molecule has 0 aliphatic carbocycles. The quantitative estimate of drug-likeness (QED) is 0.827. The number of halogens is 1. The summed E-state index contributed by atoms with van der Waals surface area (Å²) in [4.78, 5) is 0. The molecule has 2 heterocycles. The Morgan fingerprint density at radius 2 is 2.05 bits per heavy atom. The molecule has 2 aromatic rings. The molecule has 1 aliphatic heterocycles.